The van der Waals surface area contributed by atoms with Crippen LogP contribution in [0.4, 0.5) is 10.4 Å². The van der Waals surface area contributed by atoms with E-state index in [1.165, 1.54) is 12.3 Å². The summed E-state index contributed by atoms with van der Waals surface area (Å²) in [6.45, 7) is 0. The predicted octanol–water partition coefficient (Wildman–Crippen LogP) is 2.72. The number of rotatable bonds is 1. The maximum atomic E-state index is 13.4. The molecule has 0 bridgehead atoms. The number of nitrogen functional groups attached to an aromatic ring is 1. The molecule has 1 aromatic heterocycles. The Morgan fingerprint density at radius 3 is 2.86 bits per heavy atom. The summed E-state index contributed by atoms with van der Waals surface area (Å²) >= 11 is 5.60. The molecule has 0 spiro atoms. The number of nitrogens with zero attached hydrogens (tertiary/aromatic N) is 1. The molecule has 0 radical (unpaired) electrons. The minimum Gasteiger partial charge on any atom is -0.424 e. The van der Waals surface area contributed by atoms with E-state index in [-0.39, 0.29) is 22.4 Å². The van der Waals surface area contributed by atoms with Crippen molar-refractivity contribution >= 4 is 17.6 Å². The van der Waals surface area contributed by atoms with E-state index in [4.69, 9.17) is 21.8 Å². The van der Waals surface area contributed by atoms with Gasteiger partial charge in [0, 0.05) is 0 Å². The maximum absolute atomic E-state index is 13.4. The van der Waals surface area contributed by atoms with Gasteiger partial charge in [-0.3, -0.25) is 0 Å². The van der Waals surface area contributed by atoms with Gasteiger partial charge in [0.1, 0.15) is 0 Å². The van der Waals surface area contributed by atoms with E-state index in [0.717, 1.165) is 0 Å². The molecule has 0 aliphatic rings. The van der Waals surface area contributed by atoms with Crippen molar-refractivity contribution in [2.75, 3.05) is 5.73 Å². The molecule has 5 heteroatoms. The summed E-state index contributed by atoms with van der Waals surface area (Å²) in [7, 11) is 0. The summed E-state index contributed by atoms with van der Waals surface area (Å²) in [6.07, 6.45) is 1.35. The van der Waals surface area contributed by atoms with Gasteiger partial charge in [0.05, 0.1) is 16.8 Å². The molecule has 0 amide bonds. The van der Waals surface area contributed by atoms with Crippen molar-refractivity contribution in [3.63, 3.8) is 0 Å². The highest BCUT2D eigenvalue weighted by molar-refractivity contribution is 6.31. The van der Waals surface area contributed by atoms with Crippen molar-refractivity contribution in [2.45, 2.75) is 0 Å². The lowest BCUT2D eigenvalue weighted by Gasteiger charge is -1.99. The summed E-state index contributed by atoms with van der Waals surface area (Å²) in [4.78, 5) is 3.67. The number of oxazole rings is 1. The first kappa shape index (κ1) is 9.02. The van der Waals surface area contributed by atoms with Crippen molar-refractivity contribution in [1.29, 1.82) is 0 Å². The zero-order valence-corrected chi connectivity index (χ0v) is 7.75. The highest BCUT2D eigenvalue weighted by atomic mass is 35.5. The number of anilines is 1. The van der Waals surface area contributed by atoms with Gasteiger partial charge in [-0.2, -0.15) is 0 Å². The van der Waals surface area contributed by atoms with Crippen LogP contribution in [0.1, 0.15) is 0 Å². The molecule has 0 unspecified atom stereocenters. The number of hydrogen-bond acceptors (Lipinski definition) is 3. The van der Waals surface area contributed by atoms with E-state index in [2.05, 4.69) is 4.98 Å². The molecule has 0 atom stereocenters. The third-order valence-corrected chi connectivity index (χ3v) is 2.03. The van der Waals surface area contributed by atoms with Crippen molar-refractivity contribution in [3.8, 4) is 11.3 Å². The molecule has 14 heavy (non-hydrogen) atoms. The molecule has 0 aliphatic carbocycles. The second kappa shape index (κ2) is 3.31. The average Bonchev–Trinajstić information content (AvgIpc) is 2.57. The van der Waals surface area contributed by atoms with Gasteiger partial charge in [-0.15, -0.1) is 0 Å². The number of aromatic nitrogens is 1. The Bertz CT molecular complexity index is 470. The van der Waals surface area contributed by atoms with Gasteiger partial charge in [-0.1, -0.05) is 17.7 Å². The Morgan fingerprint density at radius 1 is 1.43 bits per heavy atom. The molecule has 72 valence electrons. The fourth-order valence-electron chi connectivity index (χ4n) is 1.11. The largest absolute Gasteiger partial charge is 0.424 e. The molecular weight excluding hydrogens is 207 g/mol. The molecule has 0 saturated heterocycles. The lowest BCUT2D eigenvalue weighted by molar-refractivity contribution is 0.580. The monoisotopic (exact) mass is 212 g/mol. The molecule has 3 nitrogen and oxygen atoms in total. The Hall–Kier alpha value is -1.55. The van der Waals surface area contributed by atoms with Gasteiger partial charge < -0.3 is 10.2 Å². The zero-order valence-electron chi connectivity index (χ0n) is 7.00. The Labute approximate surface area is 84.3 Å². The number of halogens is 2. The van der Waals surface area contributed by atoms with Crippen LogP contribution in [0.25, 0.3) is 11.3 Å². The van der Waals surface area contributed by atoms with E-state index in [0.29, 0.717) is 0 Å². The Kier molecular flexibility index (Phi) is 2.13. The van der Waals surface area contributed by atoms with Gasteiger partial charge in [0.2, 0.25) is 0 Å². The van der Waals surface area contributed by atoms with Crippen molar-refractivity contribution < 1.29 is 8.81 Å². The van der Waals surface area contributed by atoms with Crippen molar-refractivity contribution in [1.82, 2.24) is 4.98 Å². The fraction of sp³-hybridized carbons (Fsp3) is 0. The smallest absolute Gasteiger partial charge is 0.292 e. The fourth-order valence-corrected chi connectivity index (χ4v) is 1.28. The minimum absolute atomic E-state index is 0.000578. The highest BCUT2D eigenvalue weighted by Gasteiger charge is 2.11. The van der Waals surface area contributed by atoms with Crippen molar-refractivity contribution in [3.05, 3.63) is 35.2 Å². The molecule has 2 aromatic rings. The average molecular weight is 213 g/mol. The quantitative estimate of drug-likeness (QED) is 0.791. The maximum Gasteiger partial charge on any atom is 0.292 e. The van der Waals surface area contributed by atoms with E-state index in [1.54, 1.807) is 12.1 Å². The highest BCUT2D eigenvalue weighted by Crippen LogP contribution is 2.28. The molecule has 2 N–H and O–H groups in total. The minimum atomic E-state index is -0.537. The van der Waals surface area contributed by atoms with Gasteiger partial charge >= 0.3 is 0 Å². The lowest BCUT2D eigenvalue weighted by atomic mass is 10.2. The number of hydrogen-bond donors (Lipinski definition) is 1. The molecule has 0 aliphatic heterocycles. The normalized spacial score (nSPS) is 10.4. The lowest BCUT2D eigenvalue weighted by Crippen LogP contribution is -1.83. The predicted molar refractivity (Wildman–Crippen MR) is 51.3 cm³/mol. The van der Waals surface area contributed by atoms with Crippen LogP contribution >= 0.6 is 11.6 Å². The van der Waals surface area contributed by atoms with Crippen LogP contribution in [-0.4, -0.2) is 4.98 Å². The van der Waals surface area contributed by atoms with Gasteiger partial charge in [0.25, 0.3) is 6.01 Å². The molecule has 1 aromatic carbocycles. The first-order valence-corrected chi connectivity index (χ1v) is 4.22. The van der Waals surface area contributed by atoms with E-state index in [9.17, 15) is 4.39 Å². The van der Waals surface area contributed by atoms with Crippen molar-refractivity contribution in [2.24, 2.45) is 0 Å². The Balaban J connectivity index is 2.57. The van der Waals surface area contributed by atoms with E-state index in [1.807, 2.05) is 0 Å². The van der Waals surface area contributed by atoms with Gasteiger partial charge in [-0.05, 0) is 12.1 Å². The van der Waals surface area contributed by atoms with E-state index < -0.39 is 5.82 Å². The topological polar surface area (TPSA) is 52.0 Å². The van der Waals surface area contributed by atoms with Gasteiger partial charge in [0.15, 0.2) is 11.6 Å². The van der Waals surface area contributed by atoms with Crippen LogP contribution in [0.5, 0.6) is 0 Å². The SMILES string of the molecule is Nc1ncc(-c2cccc(Cl)c2F)o1. The molecule has 2 rings (SSSR count). The first-order chi connectivity index (χ1) is 6.68. The molecular formula is C9H6ClFN2O. The van der Waals surface area contributed by atoms with E-state index >= 15 is 0 Å². The zero-order chi connectivity index (χ0) is 10.1. The summed E-state index contributed by atoms with van der Waals surface area (Å²) in [6, 6.07) is 4.63. The summed E-state index contributed by atoms with van der Waals surface area (Å²) < 4.78 is 18.4. The van der Waals surface area contributed by atoms with Crippen LogP contribution in [-0.2, 0) is 0 Å². The third kappa shape index (κ3) is 1.44. The van der Waals surface area contributed by atoms with Crippen LogP contribution in [0.3, 0.4) is 0 Å². The number of benzene rings is 1. The number of nitrogens with two attached hydrogens (primary N) is 1. The summed E-state index contributed by atoms with van der Waals surface area (Å²) in [5.41, 5.74) is 5.52. The Morgan fingerprint density at radius 2 is 2.21 bits per heavy atom. The third-order valence-electron chi connectivity index (χ3n) is 1.74. The molecule has 0 fully saturated rings. The van der Waals surface area contributed by atoms with Gasteiger partial charge in [-0.25, -0.2) is 9.37 Å². The molecule has 1 heterocycles. The summed E-state index contributed by atoms with van der Waals surface area (Å²) in [5, 5.41) is 0.0393. The first-order valence-electron chi connectivity index (χ1n) is 3.84. The van der Waals surface area contributed by atoms with Crippen LogP contribution in [0.15, 0.2) is 28.8 Å². The molecule has 0 saturated carbocycles. The second-order valence-electron chi connectivity index (χ2n) is 2.66. The second-order valence-corrected chi connectivity index (χ2v) is 3.07. The van der Waals surface area contributed by atoms with Crippen LogP contribution in [0.2, 0.25) is 5.02 Å². The van der Waals surface area contributed by atoms with Crippen LogP contribution < -0.4 is 5.73 Å². The van der Waals surface area contributed by atoms with Crippen LogP contribution in [0, 0.1) is 5.82 Å². The summed E-state index contributed by atoms with van der Waals surface area (Å²) in [5.74, 6) is -0.271. The standard InChI is InChI=1S/C9H6ClFN2O/c10-6-3-1-2-5(8(6)11)7-4-13-9(12)14-7/h1-4H,(H2,12,13).